The van der Waals surface area contributed by atoms with Crippen molar-refractivity contribution in [3.05, 3.63) is 0 Å². The second kappa shape index (κ2) is 7.04. The van der Waals surface area contributed by atoms with Gasteiger partial charge in [-0.15, -0.1) is 0 Å². The lowest BCUT2D eigenvalue weighted by Gasteiger charge is -2.67. The molecular weight excluding hydrogens is 338 g/mol. The van der Waals surface area contributed by atoms with E-state index in [1.807, 2.05) is 13.6 Å². The summed E-state index contributed by atoms with van der Waals surface area (Å²) in [5.74, 6) is 1.49. The monoisotopic (exact) mass is 382 g/mol. The van der Waals surface area contributed by atoms with E-state index in [0.29, 0.717) is 11.3 Å². The largest absolute Gasteiger partial charge is 0.454 e. The summed E-state index contributed by atoms with van der Waals surface area (Å²) >= 11 is 0. The maximum Gasteiger partial charge on any atom is 0.454 e. The van der Waals surface area contributed by atoms with Gasteiger partial charge in [-0.2, -0.15) is 0 Å². The maximum atomic E-state index is 6.12. The summed E-state index contributed by atoms with van der Waals surface area (Å²) in [5, 5.41) is 0. The quantitative estimate of drug-likeness (QED) is 0.503. The molecule has 27 heavy (non-hydrogen) atoms. The van der Waals surface area contributed by atoms with Gasteiger partial charge in [0.25, 0.3) is 0 Å². The summed E-state index contributed by atoms with van der Waals surface area (Å²) in [6.07, 6.45) is 2.49. The van der Waals surface area contributed by atoms with Crippen LogP contribution in [0, 0.1) is 17.3 Å². The Balaban J connectivity index is 0.000000271. The molecule has 2 aliphatic heterocycles. The zero-order chi connectivity index (χ0) is 19.1. The first-order chi connectivity index (χ1) is 11.1. The number of hydrogen-bond donors (Lipinski definition) is 0. The Bertz CT molecular complexity index is 534. The van der Waals surface area contributed by atoms with E-state index in [9.17, 15) is 0 Å². The van der Waals surface area contributed by atoms with Gasteiger partial charge in [-0.1, -0.05) is 28.7 Å². The molecule has 2 saturated heterocycles. The highest BCUT2D eigenvalue weighted by Gasteiger charge is 2.72. The van der Waals surface area contributed by atoms with Gasteiger partial charge < -0.3 is 18.6 Å². The molecule has 0 aromatic carbocycles. The third-order valence-electron chi connectivity index (χ3n) is 8.03. The highest BCUT2D eigenvalue weighted by atomic mass is 16.7. The van der Waals surface area contributed by atoms with Crippen molar-refractivity contribution >= 4 is 14.2 Å². The van der Waals surface area contributed by atoms with Crippen LogP contribution in [0.25, 0.3) is 0 Å². The normalized spacial score (nSPS) is 42.0. The average Bonchev–Trinajstić information content (AvgIpc) is 2.75. The fourth-order valence-electron chi connectivity index (χ4n) is 5.58. The fraction of sp³-hybridized carbons (Fsp3) is 1.00. The van der Waals surface area contributed by atoms with Crippen molar-refractivity contribution in [2.75, 3.05) is 0 Å². The van der Waals surface area contributed by atoms with E-state index in [4.69, 9.17) is 18.6 Å². The lowest BCUT2D eigenvalue weighted by atomic mass is 9.41. The van der Waals surface area contributed by atoms with Gasteiger partial charge in [-0.3, -0.25) is 0 Å². The predicted octanol–water partition coefficient (Wildman–Crippen LogP) is 5.72. The van der Waals surface area contributed by atoms with Gasteiger partial charge in [0.05, 0.1) is 22.4 Å². The maximum absolute atomic E-state index is 6.12. The van der Waals surface area contributed by atoms with Crippen LogP contribution in [0.3, 0.4) is 0 Å². The Morgan fingerprint density at radius 3 is 1.52 bits per heavy atom. The smallest absolute Gasteiger partial charge is 0.403 e. The van der Waals surface area contributed by atoms with Crippen molar-refractivity contribution in [3.8, 4) is 0 Å². The van der Waals surface area contributed by atoms with Crippen molar-refractivity contribution in [3.63, 3.8) is 0 Å². The molecular formula is C21H44B2O4. The Morgan fingerprint density at radius 2 is 1.15 bits per heavy atom. The van der Waals surface area contributed by atoms with E-state index in [0.717, 1.165) is 12.3 Å². The minimum Gasteiger partial charge on any atom is -0.403 e. The van der Waals surface area contributed by atoms with Crippen LogP contribution in [0.1, 0.15) is 83.1 Å². The fourth-order valence-corrected chi connectivity index (χ4v) is 5.58. The Hall–Kier alpha value is -0.0301. The minimum atomic E-state index is -0.160. The third kappa shape index (κ3) is 3.53. The van der Waals surface area contributed by atoms with E-state index in [2.05, 4.69) is 55.4 Å². The van der Waals surface area contributed by atoms with Crippen molar-refractivity contribution < 1.29 is 18.6 Å². The molecule has 2 heterocycles. The highest BCUT2D eigenvalue weighted by molar-refractivity contribution is 6.44. The topological polar surface area (TPSA) is 36.9 Å². The molecule has 4 unspecified atom stereocenters. The van der Waals surface area contributed by atoms with Crippen LogP contribution in [0.4, 0.5) is 0 Å². The van der Waals surface area contributed by atoms with Crippen LogP contribution in [0.5, 0.6) is 0 Å². The van der Waals surface area contributed by atoms with Crippen LogP contribution in [0.15, 0.2) is 0 Å². The lowest BCUT2D eigenvalue weighted by molar-refractivity contribution is -0.234. The summed E-state index contributed by atoms with van der Waals surface area (Å²) in [5.41, 5.74) is 0.0146. The van der Waals surface area contributed by atoms with Gasteiger partial charge in [0.1, 0.15) is 0 Å². The zero-order valence-electron chi connectivity index (χ0n) is 17.9. The van der Waals surface area contributed by atoms with Gasteiger partial charge >= 0.3 is 14.2 Å². The van der Waals surface area contributed by atoms with Crippen molar-refractivity contribution in [1.82, 2.24) is 0 Å². The van der Waals surface area contributed by atoms with Gasteiger partial charge in [0.15, 0.2) is 0 Å². The SMILES string of the molecule is C.C.CB1OC(C)(C)C(C)(C)O1.CB1OC2(C)CC3CC(C3(C)C)C2(C)O1. The summed E-state index contributed by atoms with van der Waals surface area (Å²) < 4.78 is 23.2. The number of rotatable bonds is 0. The molecule has 5 rings (SSSR count). The van der Waals surface area contributed by atoms with E-state index in [1.54, 1.807) is 0 Å². The molecule has 158 valence electrons. The molecule has 5 aliphatic rings. The second-order valence-electron chi connectivity index (χ2n) is 10.5. The van der Waals surface area contributed by atoms with Crippen LogP contribution in [-0.2, 0) is 18.6 Å². The molecule has 0 spiro atoms. The molecule has 0 amide bonds. The molecule has 5 fully saturated rings. The summed E-state index contributed by atoms with van der Waals surface area (Å²) in [4.78, 5) is 0. The van der Waals surface area contributed by atoms with E-state index < -0.39 is 0 Å². The van der Waals surface area contributed by atoms with E-state index in [-0.39, 0.29) is 51.5 Å². The first-order valence-electron chi connectivity index (χ1n) is 9.86. The Morgan fingerprint density at radius 1 is 0.704 bits per heavy atom. The molecule has 6 heteroatoms. The molecule has 3 aliphatic carbocycles. The minimum absolute atomic E-state index is 0. The average molecular weight is 382 g/mol. The zero-order valence-corrected chi connectivity index (χ0v) is 17.9. The molecule has 3 saturated carbocycles. The van der Waals surface area contributed by atoms with E-state index in [1.165, 1.54) is 6.42 Å². The first kappa shape index (κ1) is 25.0. The van der Waals surface area contributed by atoms with Crippen LogP contribution in [-0.4, -0.2) is 36.6 Å². The highest BCUT2D eigenvalue weighted by Crippen LogP contribution is 2.69. The molecule has 4 nitrogen and oxygen atoms in total. The lowest BCUT2D eigenvalue weighted by Crippen LogP contribution is -2.70. The molecule has 2 bridgehead atoms. The van der Waals surface area contributed by atoms with Crippen LogP contribution in [0.2, 0.25) is 13.6 Å². The summed E-state index contributed by atoms with van der Waals surface area (Å²) in [6, 6.07) is 0. The molecule has 0 aromatic heterocycles. The van der Waals surface area contributed by atoms with Gasteiger partial charge in [-0.05, 0) is 85.3 Å². The summed E-state index contributed by atoms with van der Waals surface area (Å²) in [7, 11) is -0.0971. The van der Waals surface area contributed by atoms with Crippen molar-refractivity contribution in [2.45, 2.75) is 119 Å². The Kier molecular flexibility index (Phi) is 6.52. The van der Waals surface area contributed by atoms with Gasteiger partial charge in [0.2, 0.25) is 0 Å². The van der Waals surface area contributed by atoms with Crippen molar-refractivity contribution in [2.24, 2.45) is 17.3 Å². The van der Waals surface area contributed by atoms with Crippen LogP contribution < -0.4 is 0 Å². The molecule has 0 N–H and O–H groups in total. The molecule has 4 atom stereocenters. The van der Waals surface area contributed by atoms with Crippen LogP contribution >= 0.6 is 0 Å². The second-order valence-corrected chi connectivity index (χ2v) is 10.5. The standard InChI is InChI=1S/C12H21BO2.C7H15BO2.2CH4/c1-10(2)8-6-9(10)12(4)11(3,7-8)14-13(5)15-12;1-6(2)7(3,4)10-8(5)9-6;;/h8-9H,6-7H2,1-5H3;1-5H3;2*1H4. The van der Waals surface area contributed by atoms with Gasteiger partial charge in [-0.25, -0.2) is 0 Å². The predicted molar refractivity (Wildman–Crippen MR) is 116 cm³/mol. The molecule has 0 radical (unpaired) electrons. The summed E-state index contributed by atoms with van der Waals surface area (Å²) in [6.45, 7) is 21.4. The molecule has 0 aromatic rings. The first-order valence-corrected chi connectivity index (χ1v) is 9.86. The van der Waals surface area contributed by atoms with E-state index >= 15 is 0 Å². The van der Waals surface area contributed by atoms with Crippen molar-refractivity contribution in [1.29, 1.82) is 0 Å². The third-order valence-corrected chi connectivity index (χ3v) is 8.03. The Labute approximate surface area is 169 Å². The van der Waals surface area contributed by atoms with Gasteiger partial charge in [0, 0.05) is 0 Å². The number of hydrogen-bond acceptors (Lipinski definition) is 4.